The Balaban J connectivity index is 1.67. The number of benzene rings is 2. The van der Waals surface area contributed by atoms with Crippen LogP contribution in [0.15, 0.2) is 46.9 Å². The number of ether oxygens (including phenoxy) is 2. The molecule has 6 nitrogen and oxygen atoms in total. The first-order valence-corrected chi connectivity index (χ1v) is 7.47. The summed E-state index contributed by atoms with van der Waals surface area (Å²) < 4.78 is 29.8. The van der Waals surface area contributed by atoms with Gasteiger partial charge in [-0.2, -0.15) is 0 Å². The van der Waals surface area contributed by atoms with Crippen LogP contribution >= 0.6 is 0 Å². The quantitative estimate of drug-likeness (QED) is 0.636. The van der Waals surface area contributed by atoms with Crippen molar-refractivity contribution in [3.8, 4) is 23.0 Å². The summed E-state index contributed by atoms with van der Waals surface area (Å²) in [5.74, 6) is 0.621. The Kier molecular flexibility index (Phi) is 4.74. The summed E-state index contributed by atoms with van der Waals surface area (Å²) in [6.07, 6.45) is 0. The Labute approximate surface area is 143 Å². The van der Waals surface area contributed by atoms with E-state index in [4.69, 9.17) is 13.9 Å². The third kappa shape index (κ3) is 3.82. The Morgan fingerprint density at radius 1 is 1.12 bits per heavy atom. The molecule has 0 aliphatic heterocycles. The van der Waals surface area contributed by atoms with Crippen LogP contribution in [-0.2, 0) is 6.61 Å². The number of ketones is 1. The zero-order chi connectivity index (χ0) is 17.8. The van der Waals surface area contributed by atoms with Crippen LogP contribution in [0.2, 0.25) is 0 Å². The fraction of sp³-hybridized carbons (Fsp3) is 0.167. The van der Waals surface area contributed by atoms with Gasteiger partial charge in [-0.1, -0.05) is 0 Å². The second kappa shape index (κ2) is 7.12. The molecule has 128 valence electrons. The standard InChI is InChI=1S/C18H15FN2O4/c1-11(22)15-8-7-14(9-16(15)19)24-10-17-20-21-18(25-17)12-3-5-13(23-2)6-4-12/h3-9H,10H2,1-2H3. The molecule has 0 aliphatic carbocycles. The molecular weight excluding hydrogens is 327 g/mol. The number of hydrogen-bond donors (Lipinski definition) is 0. The predicted molar refractivity (Wildman–Crippen MR) is 87.0 cm³/mol. The first kappa shape index (κ1) is 16.6. The minimum atomic E-state index is -0.630. The number of halogens is 1. The van der Waals surface area contributed by atoms with Gasteiger partial charge in [0, 0.05) is 11.6 Å². The largest absolute Gasteiger partial charge is 0.497 e. The van der Waals surface area contributed by atoms with Gasteiger partial charge in [-0.3, -0.25) is 4.79 Å². The first-order valence-electron chi connectivity index (χ1n) is 7.47. The Hall–Kier alpha value is -3.22. The maximum atomic E-state index is 13.8. The number of hydrogen-bond acceptors (Lipinski definition) is 6. The highest BCUT2D eigenvalue weighted by Crippen LogP contribution is 2.22. The van der Waals surface area contributed by atoms with Crippen molar-refractivity contribution in [3.05, 3.63) is 59.7 Å². The van der Waals surface area contributed by atoms with Gasteiger partial charge >= 0.3 is 0 Å². The van der Waals surface area contributed by atoms with Crippen LogP contribution in [0.4, 0.5) is 4.39 Å². The molecule has 3 aromatic rings. The van der Waals surface area contributed by atoms with E-state index in [2.05, 4.69) is 10.2 Å². The maximum Gasteiger partial charge on any atom is 0.254 e. The van der Waals surface area contributed by atoms with Crippen LogP contribution in [0.1, 0.15) is 23.2 Å². The van der Waals surface area contributed by atoms with Gasteiger partial charge in [0.05, 0.1) is 12.7 Å². The lowest BCUT2D eigenvalue weighted by Gasteiger charge is -2.05. The average Bonchev–Trinajstić information content (AvgIpc) is 3.09. The van der Waals surface area contributed by atoms with Crippen LogP contribution in [-0.4, -0.2) is 23.1 Å². The van der Waals surface area contributed by atoms with Crippen molar-refractivity contribution in [2.45, 2.75) is 13.5 Å². The molecule has 0 aliphatic rings. The summed E-state index contributed by atoms with van der Waals surface area (Å²) in [5, 5.41) is 7.85. The SMILES string of the molecule is COc1ccc(-c2nnc(COc3ccc(C(C)=O)c(F)c3)o2)cc1. The molecule has 0 saturated heterocycles. The van der Waals surface area contributed by atoms with Crippen molar-refractivity contribution in [1.82, 2.24) is 10.2 Å². The highest BCUT2D eigenvalue weighted by atomic mass is 19.1. The lowest BCUT2D eigenvalue weighted by molar-refractivity contribution is 0.101. The molecule has 1 heterocycles. The molecular formula is C18H15FN2O4. The van der Waals surface area contributed by atoms with E-state index in [0.717, 1.165) is 17.4 Å². The number of carbonyl (C=O) groups excluding carboxylic acids is 1. The molecule has 0 unspecified atom stereocenters. The summed E-state index contributed by atoms with van der Waals surface area (Å²) in [5.41, 5.74) is 0.767. The maximum absolute atomic E-state index is 13.8. The Morgan fingerprint density at radius 3 is 2.48 bits per heavy atom. The van der Waals surface area contributed by atoms with Crippen LogP contribution in [0.5, 0.6) is 11.5 Å². The zero-order valence-corrected chi connectivity index (χ0v) is 13.7. The topological polar surface area (TPSA) is 74.5 Å². The monoisotopic (exact) mass is 342 g/mol. The molecule has 3 rings (SSSR count). The van der Waals surface area contributed by atoms with Crippen molar-refractivity contribution >= 4 is 5.78 Å². The van der Waals surface area contributed by atoms with Crippen LogP contribution in [0.3, 0.4) is 0 Å². The van der Waals surface area contributed by atoms with Crippen LogP contribution in [0.25, 0.3) is 11.5 Å². The average molecular weight is 342 g/mol. The molecule has 0 fully saturated rings. The van der Waals surface area contributed by atoms with Gasteiger partial charge in [-0.25, -0.2) is 4.39 Å². The minimum absolute atomic E-state index is 0.0119. The fourth-order valence-corrected chi connectivity index (χ4v) is 2.18. The van der Waals surface area contributed by atoms with E-state index < -0.39 is 5.82 Å². The molecule has 1 aromatic heterocycles. The lowest BCUT2D eigenvalue weighted by Crippen LogP contribution is -2.00. The molecule has 7 heteroatoms. The molecule has 0 amide bonds. The van der Waals surface area contributed by atoms with E-state index in [1.54, 1.807) is 31.4 Å². The molecule has 0 radical (unpaired) electrons. The van der Waals surface area contributed by atoms with E-state index in [0.29, 0.717) is 5.89 Å². The second-order valence-corrected chi connectivity index (χ2v) is 5.22. The van der Waals surface area contributed by atoms with E-state index >= 15 is 0 Å². The van der Waals surface area contributed by atoms with Crippen molar-refractivity contribution in [2.75, 3.05) is 7.11 Å². The number of methoxy groups -OCH3 is 1. The molecule has 25 heavy (non-hydrogen) atoms. The van der Waals surface area contributed by atoms with Crippen LogP contribution in [0, 0.1) is 5.82 Å². The minimum Gasteiger partial charge on any atom is -0.497 e. The van der Waals surface area contributed by atoms with Gasteiger partial charge in [0.15, 0.2) is 12.4 Å². The van der Waals surface area contributed by atoms with Gasteiger partial charge < -0.3 is 13.9 Å². The van der Waals surface area contributed by atoms with E-state index in [-0.39, 0.29) is 29.6 Å². The highest BCUT2D eigenvalue weighted by molar-refractivity contribution is 5.94. The number of carbonyl (C=O) groups is 1. The summed E-state index contributed by atoms with van der Waals surface area (Å²) >= 11 is 0. The number of nitrogens with zero attached hydrogens (tertiary/aromatic N) is 2. The first-order chi connectivity index (χ1) is 12.1. The second-order valence-electron chi connectivity index (χ2n) is 5.22. The van der Waals surface area contributed by atoms with Crippen molar-refractivity contribution in [3.63, 3.8) is 0 Å². The van der Waals surface area contributed by atoms with E-state index in [1.165, 1.54) is 19.1 Å². The van der Waals surface area contributed by atoms with Gasteiger partial charge in [0.2, 0.25) is 5.89 Å². The third-order valence-electron chi connectivity index (χ3n) is 3.49. The van der Waals surface area contributed by atoms with Crippen LogP contribution < -0.4 is 9.47 Å². The summed E-state index contributed by atoms with van der Waals surface area (Å²) in [6.45, 7) is 1.29. The van der Waals surface area contributed by atoms with Crippen molar-refractivity contribution in [2.24, 2.45) is 0 Å². The predicted octanol–water partition coefficient (Wildman–Crippen LogP) is 3.67. The fourth-order valence-electron chi connectivity index (χ4n) is 2.18. The lowest BCUT2D eigenvalue weighted by atomic mass is 10.1. The highest BCUT2D eigenvalue weighted by Gasteiger charge is 2.11. The van der Waals surface area contributed by atoms with Gasteiger partial charge in [0.1, 0.15) is 17.3 Å². The van der Waals surface area contributed by atoms with Gasteiger partial charge in [-0.15, -0.1) is 10.2 Å². The molecule has 0 N–H and O–H groups in total. The number of aromatic nitrogens is 2. The molecule has 2 aromatic carbocycles. The smallest absolute Gasteiger partial charge is 0.254 e. The van der Waals surface area contributed by atoms with Gasteiger partial charge in [-0.05, 0) is 43.3 Å². The molecule has 0 bridgehead atoms. The van der Waals surface area contributed by atoms with E-state index in [1.807, 2.05) is 0 Å². The number of Topliss-reactive ketones (excluding diaryl/α,β-unsaturated/α-hetero) is 1. The Bertz CT molecular complexity index is 890. The number of rotatable bonds is 6. The van der Waals surface area contributed by atoms with Gasteiger partial charge in [0.25, 0.3) is 5.89 Å². The van der Waals surface area contributed by atoms with E-state index in [9.17, 15) is 9.18 Å². The normalized spacial score (nSPS) is 10.5. The third-order valence-corrected chi connectivity index (χ3v) is 3.49. The molecule has 0 saturated carbocycles. The van der Waals surface area contributed by atoms with Crippen molar-refractivity contribution in [1.29, 1.82) is 0 Å². The molecule has 0 spiro atoms. The Morgan fingerprint density at radius 2 is 1.84 bits per heavy atom. The summed E-state index contributed by atoms with van der Waals surface area (Å²) in [7, 11) is 1.59. The summed E-state index contributed by atoms with van der Waals surface area (Å²) in [6, 6.07) is 11.2. The molecule has 0 atom stereocenters. The van der Waals surface area contributed by atoms with Crippen molar-refractivity contribution < 1.29 is 23.1 Å². The summed E-state index contributed by atoms with van der Waals surface area (Å²) in [4.78, 5) is 11.2. The zero-order valence-electron chi connectivity index (χ0n) is 13.7.